The molecule has 1 aliphatic rings. The number of hydrogen-bond acceptors (Lipinski definition) is 6. The van der Waals surface area contributed by atoms with E-state index in [0.29, 0.717) is 0 Å². The lowest BCUT2D eigenvalue weighted by Crippen LogP contribution is -2.50. The highest BCUT2D eigenvalue weighted by Gasteiger charge is 2.33. The largest absolute Gasteiger partial charge is 0.467 e. The molecular weight excluding hydrogens is 398 g/mol. The van der Waals surface area contributed by atoms with Crippen molar-refractivity contribution in [2.45, 2.75) is 31.9 Å². The van der Waals surface area contributed by atoms with Crippen molar-refractivity contribution < 1.29 is 28.6 Å². The number of ether oxygens (including phenoxy) is 3. The lowest BCUT2D eigenvalue weighted by atomic mass is 9.98. The lowest BCUT2D eigenvalue weighted by Gasteiger charge is -2.23. The zero-order valence-electron chi connectivity index (χ0n) is 17.7. The van der Waals surface area contributed by atoms with E-state index >= 15 is 0 Å². The van der Waals surface area contributed by atoms with Crippen LogP contribution in [0.3, 0.4) is 0 Å². The van der Waals surface area contributed by atoms with Crippen LogP contribution in [0.2, 0.25) is 0 Å². The van der Waals surface area contributed by atoms with Gasteiger partial charge >= 0.3 is 18.0 Å². The van der Waals surface area contributed by atoms with Crippen LogP contribution in [0.4, 0.5) is 4.79 Å². The Morgan fingerprint density at radius 2 is 1.58 bits per heavy atom. The molecule has 7 nitrogen and oxygen atoms in total. The molecule has 3 rings (SSSR count). The Balaban J connectivity index is 1.69. The van der Waals surface area contributed by atoms with E-state index in [1.165, 1.54) is 21.0 Å². The second-order valence-corrected chi connectivity index (χ2v) is 7.36. The smallest absolute Gasteiger partial charge is 0.407 e. The summed E-state index contributed by atoms with van der Waals surface area (Å²) in [5.41, 5.74) is 4.55. The number of benzene rings is 2. The first-order chi connectivity index (χ1) is 14.8. The van der Waals surface area contributed by atoms with Gasteiger partial charge in [0.15, 0.2) is 6.04 Å². The normalized spacial score (nSPS) is 13.9. The molecule has 0 fully saturated rings. The third-order valence-corrected chi connectivity index (χ3v) is 5.18. The predicted molar refractivity (Wildman–Crippen MR) is 114 cm³/mol. The third kappa shape index (κ3) is 4.77. The van der Waals surface area contributed by atoms with Gasteiger partial charge in [0.05, 0.1) is 7.11 Å². The van der Waals surface area contributed by atoms with Gasteiger partial charge in [0.25, 0.3) is 0 Å². The summed E-state index contributed by atoms with van der Waals surface area (Å²) in [7, 11) is 1.18. The van der Waals surface area contributed by atoms with Gasteiger partial charge in [-0.1, -0.05) is 55.1 Å². The van der Waals surface area contributed by atoms with E-state index in [1.54, 1.807) is 0 Å². The predicted octanol–water partition coefficient (Wildman–Crippen LogP) is 3.57. The van der Waals surface area contributed by atoms with E-state index in [4.69, 9.17) is 14.2 Å². The molecule has 2 aromatic rings. The molecule has 1 amide bonds. The highest BCUT2D eigenvalue weighted by Crippen LogP contribution is 2.44. The highest BCUT2D eigenvalue weighted by molar-refractivity contribution is 5.88. The molecule has 0 heterocycles. The van der Waals surface area contributed by atoms with Crippen molar-refractivity contribution in [2.24, 2.45) is 0 Å². The Morgan fingerprint density at radius 3 is 2.10 bits per heavy atom. The van der Waals surface area contributed by atoms with Crippen LogP contribution in [0.25, 0.3) is 11.1 Å². The van der Waals surface area contributed by atoms with Crippen LogP contribution in [0, 0.1) is 0 Å². The quantitative estimate of drug-likeness (QED) is 0.416. The second kappa shape index (κ2) is 9.47. The zero-order chi connectivity index (χ0) is 22.5. The molecule has 0 spiro atoms. The van der Waals surface area contributed by atoms with E-state index in [-0.39, 0.29) is 18.1 Å². The number of alkyl carbamates (subject to hydrolysis) is 1. The van der Waals surface area contributed by atoms with Crippen molar-refractivity contribution >= 4 is 18.0 Å². The van der Waals surface area contributed by atoms with Crippen molar-refractivity contribution in [3.63, 3.8) is 0 Å². The lowest BCUT2D eigenvalue weighted by molar-refractivity contribution is -0.153. The summed E-state index contributed by atoms with van der Waals surface area (Å²) >= 11 is 0. The van der Waals surface area contributed by atoms with Gasteiger partial charge in [-0.15, -0.1) is 0 Å². The first-order valence-corrected chi connectivity index (χ1v) is 9.89. The zero-order valence-corrected chi connectivity index (χ0v) is 17.7. The van der Waals surface area contributed by atoms with Crippen LogP contribution >= 0.6 is 0 Å². The molecule has 7 heteroatoms. The maximum Gasteiger partial charge on any atom is 0.407 e. The number of nitrogens with one attached hydrogen (secondary N) is 1. The van der Waals surface area contributed by atoms with Crippen LogP contribution < -0.4 is 5.32 Å². The Morgan fingerprint density at radius 1 is 1.03 bits per heavy atom. The van der Waals surface area contributed by atoms with Crippen molar-refractivity contribution in [3.05, 3.63) is 71.8 Å². The summed E-state index contributed by atoms with van der Waals surface area (Å²) in [6.07, 6.45) is -1.78. The third-order valence-electron chi connectivity index (χ3n) is 5.18. The Labute approximate surface area is 181 Å². The summed E-state index contributed by atoms with van der Waals surface area (Å²) in [4.78, 5) is 36.4. The molecule has 1 aliphatic carbocycles. The van der Waals surface area contributed by atoms with Crippen LogP contribution in [-0.2, 0) is 23.8 Å². The van der Waals surface area contributed by atoms with Crippen molar-refractivity contribution in [1.82, 2.24) is 5.32 Å². The number of rotatable bonds is 7. The second-order valence-electron chi connectivity index (χ2n) is 7.36. The molecule has 0 saturated heterocycles. The Bertz CT molecular complexity index is 969. The monoisotopic (exact) mass is 423 g/mol. The van der Waals surface area contributed by atoms with Gasteiger partial charge in [0.2, 0.25) is 0 Å². The van der Waals surface area contributed by atoms with Gasteiger partial charge in [-0.25, -0.2) is 14.4 Å². The van der Waals surface area contributed by atoms with Gasteiger partial charge in [-0.05, 0) is 36.1 Å². The molecule has 0 radical (unpaired) electrons. The molecular formula is C24H25NO6. The molecule has 0 bridgehead atoms. The van der Waals surface area contributed by atoms with Crippen molar-refractivity contribution in [3.8, 4) is 11.1 Å². The van der Waals surface area contributed by atoms with Gasteiger partial charge < -0.3 is 19.5 Å². The number of esters is 2. The van der Waals surface area contributed by atoms with Crippen LogP contribution in [-0.4, -0.2) is 43.9 Å². The van der Waals surface area contributed by atoms with Gasteiger partial charge in [0, 0.05) is 11.5 Å². The molecule has 2 atom stereocenters. The minimum absolute atomic E-state index is 0.0910. The summed E-state index contributed by atoms with van der Waals surface area (Å²) in [5.74, 6) is -1.54. The molecule has 0 aliphatic heterocycles. The Hall–Kier alpha value is -3.61. The molecule has 0 unspecified atom stereocenters. The average Bonchev–Trinajstić information content (AvgIpc) is 3.09. The number of methoxy groups -OCH3 is 1. The van der Waals surface area contributed by atoms with E-state index in [1.807, 2.05) is 48.5 Å². The molecule has 1 N–H and O–H groups in total. The number of fused-ring (bicyclic) bond motifs is 3. The van der Waals surface area contributed by atoms with Crippen molar-refractivity contribution in [2.75, 3.05) is 13.7 Å². The maximum absolute atomic E-state index is 12.5. The van der Waals surface area contributed by atoms with Crippen LogP contribution in [0.1, 0.15) is 30.9 Å². The highest BCUT2D eigenvalue weighted by atomic mass is 16.6. The maximum atomic E-state index is 12.5. The molecule has 31 heavy (non-hydrogen) atoms. The summed E-state index contributed by atoms with van der Waals surface area (Å²) in [6.45, 7) is 6.56. The SMILES string of the molecule is C=C(C)C(=O)O[C@@H](C)[C@H](NC(=O)OCC1c2ccccc2-c2ccccc21)C(=O)OC. The topological polar surface area (TPSA) is 90.9 Å². The van der Waals surface area contributed by atoms with E-state index in [9.17, 15) is 14.4 Å². The summed E-state index contributed by atoms with van der Waals surface area (Å²) in [6, 6.07) is 14.7. The van der Waals surface area contributed by atoms with Gasteiger partial charge in [-0.3, -0.25) is 0 Å². The van der Waals surface area contributed by atoms with Gasteiger partial charge in [0.1, 0.15) is 12.7 Å². The standard InChI is InChI=1S/C24H25NO6/c1-14(2)22(26)31-15(3)21(23(27)29-4)25-24(28)30-13-20-18-11-7-5-9-16(18)17-10-6-8-12-19(17)20/h5-12,15,20-21H,1,13H2,2-4H3,(H,25,28)/t15-,21-/m0/s1. The first-order valence-electron chi connectivity index (χ1n) is 9.89. The average molecular weight is 423 g/mol. The van der Waals surface area contributed by atoms with E-state index in [2.05, 4.69) is 11.9 Å². The molecule has 0 saturated carbocycles. The summed E-state index contributed by atoms with van der Waals surface area (Å²) in [5, 5.41) is 2.44. The number of carbonyl (C=O) groups excluding carboxylic acids is 3. The number of carbonyl (C=O) groups is 3. The number of hydrogen-bond donors (Lipinski definition) is 1. The first kappa shape index (κ1) is 22.1. The van der Waals surface area contributed by atoms with Crippen LogP contribution in [0.5, 0.6) is 0 Å². The Kier molecular flexibility index (Phi) is 6.74. The summed E-state index contributed by atoms with van der Waals surface area (Å²) < 4.78 is 15.3. The molecule has 162 valence electrons. The van der Waals surface area contributed by atoms with E-state index < -0.39 is 30.2 Å². The van der Waals surface area contributed by atoms with E-state index in [0.717, 1.165) is 22.3 Å². The minimum Gasteiger partial charge on any atom is -0.467 e. The fraction of sp³-hybridized carbons (Fsp3) is 0.292. The van der Waals surface area contributed by atoms with Crippen LogP contribution in [0.15, 0.2) is 60.7 Å². The van der Waals surface area contributed by atoms with Gasteiger partial charge in [-0.2, -0.15) is 0 Å². The number of amides is 1. The molecule has 0 aromatic heterocycles. The minimum atomic E-state index is -1.22. The fourth-order valence-corrected chi connectivity index (χ4v) is 3.60. The van der Waals surface area contributed by atoms with Crippen molar-refractivity contribution in [1.29, 1.82) is 0 Å². The fourth-order valence-electron chi connectivity index (χ4n) is 3.60. The molecule has 2 aromatic carbocycles.